The Morgan fingerprint density at radius 1 is 1.07 bits per heavy atom. The van der Waals surface area contributed by atoms with Gasteiger partial charge in [0, 0.05) is 49.2 Å². The van der Waals surface area contributed by atoms with Crippen LogP contribution in [0.4, 0.5) is 0 Å². The Labute approximate surface area is 166 Å². The van der Waals surface area contributed by atoms with Crippen LogP contribution < -0.4 is 0 Å². The molecular formula is C21H29N3O2S. The molecule has 2 aliphatic heterocycles. The number of aryl methyl sites for hydroxylation is 1. The highest BCUT2D eigenvalue weighted by Crippen LogP contribution is 2.26. The minimum Gasteiger partial charge on any atom is -0.441 e. The van der Waals surface area contributed by atoms with Crippen molar-refractivity contribution in [1.82, 2.24) is 14.8 Å². The number of benzene rings is 1. The van der Waals surface area contributed by atoms with Crippen LogP contribution in [0.1, 0.15) is 24.3 Å². The summed E-state index contributed by atoms with van der Waals surface area (Å²) in [6.45, 7) is 9.13. The van der Waals surface area contributed by atoms with E-state index in [0.29, 0.717) is 6.04 Å². The number of morpholine rings is 1. The van der Waals surface area contributed by atoms with Gasteiger partial charge in [0.1, 0.15) is 5.76 Å². The quantitative estimate of drug-likeness (QED) is 0.729. The lowest BCUT2D eigenvalue weighted by Gasteiger charge is -2.39. The maximum absolute atomic E-state index is 5.97. The van der Waals surface area contributed by atoms with Gasteiger partial charge >= 0.3 is 0 Å². The molecule has 2 saturated heterocycles. The van der Waals surface area contributed by atoms with E-state index >= 15 is 0 Å². The molecule has 0 amide bonds. The van der Waals surface area contributed by atoms with Crippen molar-refractivity contribution in [2.45, 2.75) is 37.2 Å². The minimum atomic E-state index is 0.717. The number of aromatic nitrogens is 1. The molecule has 0 radical (unpaired) electrons. The summed E-state index contributed by atoms with van der Waals surface area (Å²) in [7, 11) is 0. The number of hydrogen-bond acceptors (Lipinski definition) is 6. The molecule has 2 aliphatic rings. The SMILES string of the molecule is CSc1ccc(-c2nc(CN3CCC(N4CCOCC4)CC3)c(C)o2)cc1. The zero-order chi connectivity index (χ0) is 18.6. The van der Waals surface area contributed by atoms with Gasteiger partial charge in [-0.3, -0.25) is 9.80 Å². The molecule has 0 bridgehead atoms. The van der Waals surface area contributed by atoms with Crippen LogP contribution in [0.15, 0.2) is 33.6 Å². The summed E-state index contributed by atoms with van der Waals surface area (Å²) in [5.74, 6) is 1.67. The lowest BCUT2D eigenvalue weighted by molar-refractivity contribution is 0.000117. The number of oxazole rings is 1. The second-order valence-electron chi connectivity index (χ2n) is 7.41. The first-order chi connectivity index (χ1) is 13.2. The summed E-state index contributed by atoms with van der Waals surface area (Å²) in [5, 5.41) is 0. The summed E-state index contributed by atoms with van der Waals surface area (Å²) in [6.07, 6.45) is 4.56. The first-order valence-corrected chi connectivity index (χ1v) is 11.1. The number of nitrogens with zero attached hydrogens (tertiary/aromatic N) is 3. The smallest absolute Gasteiger partial charge is 0.226 e. The van der Waals surface area contributed by atoms with Gasteiger partial charge in [0.05, 0.1) is 18.9 Å². The van der Waals surface area contributed by atoms with Gasteiger partial charge < -0.3 is 9.15 Å². The topological polar surface area (TPSA) is 41.7 Å². The number of piperidine rings is 1. The van der Waals surface area contributed by atoms with Crippen molar-refractivity contribution in [2.24, 2.45) is 0 Å². The van der Waals surface area contributed by atoms with E-state index in [9.17, 15) is 0 Å². The highest BCUT2D eigenvalue weighted by Gasteiger charge is 2.26. The molecule has 0 N–H and O–H groups in total. The lowest BCUT2D eigenvalue weighted by atomic mass is 10.0. The Morgan fingerprint density at radius 3 is 2.44 bits per heavy atom. The van der Waals surface area contributed by atoms with E-state index in [4.69, 9.17) is 14.1 Å². The predicted molar refractivity (Wildman–Crippen MR) is 109 cm³/mol. The van der Waals surface area contributed by atoms with Crippen LogP contribution in [0, 0.1) is 6.92 Å². The van der Waals surface area contributed by atoms with Crippen LogP contribution in [-0.2, 0) is 11.3 Å². The third-order valence-corrected chi connectivity index (χ3v) is 6.47. The summed E-state index contributed by atoms with van der Waals surface area (Å²) < 4.78 is 11.4. The number of rotatable bonds is 5. The molecule has 5 nitrogen and oxygen atoms in total. The van der Waals surface area contributed by atoms with Gasteiger partial charge in [-0.15, -0.1) is 11.8 Å². The average molecular weight is 388 g/mol. The van der Waals surface area contributed by atoms with Crippen LogP contribution in [0.3, 0.4) is 0 Å². The van der Waals surface area contributed by atoms with Gasteiger partial charge in [0.25, 0.3) is 0 Å². The molecule has 1 aromatic heterocycles. The van der Waals surface area contributed by atoms with Crippen molar-refractivity contribution in [2.75, 3.05) is 45.6 Å². The fraction of sp³-hybridized carbons (Fsp3) is 0.571. The van der Waals surface area contributed by atoms with Crippen molar-refractivity contribution in [3.05, 3.63) is 35.7 Å². The molecule has 27 heavy (non-hydrogen) atoms. The second kappa shape index (κ2) is 8.78. The van der Waals surface area contributed by atoms with Crippen molar-refractivity contribution in [3.63, 3.8) is 0 Å². The Hall–Kier alpha value is -1.34. The van der Waals surface area contributed by atoms with Crippen LogP contribution in [-0.4, -0.2) is 66.5 Å². The third-order valence-electron chi connectivity index (χ3n) is 5.72. The number of thioether (sulfide) groups is 1. The summed E-state index contributed by atoms with van der Waals surface area (Å²) in [6, 6.07) is 9.14. The Balaban J connectivity index is 1.35. The highest BCUT2D eigenvalue weighted by atomic mass is 32.2. The molecule has 146 valence electrons. The molecule has 0 unspecified atom stereocenters. The van der Waals surface area contributed by atoms with E-state index in [1.165, 1.54) is 17.7 Å². The fourth-order valence-corrected chi connectivity index (χ4v) is 4.44. The van der Waals surface area contributed by atoms with Crippen molar-refractivity contribution >= 4 is 11.8 Å². The van der Waals surface area contributed by atoms with Crippen LogP contribution in [0.5, 0.6) is 0 Å². The Bertz CT molecular complexity index is 732. The van der Waals surface area contributed by atoms with Gasteiger partial charge in [0.15, 0.2) is 0 Å². The maximum Gasteiger partial charge on any atom is 0.226 e. The lowest BCUT2D eigenvalue weighted by Crippen LogP contribution is -2.48. The molecule has 2 fully saturated rings. The predicted octanol–water partition coefficient (Wildman–Crippen LogP) is 3.67. The monoisotopic (exact) mass is 387 g/mol. The summed E-state index contributed by atoms with van der Waals surface area (Å²) >= 11 is 1.75. The molecule has 0 atom stereocenters. The molecule has 0 spiro atoms. The molecule has 4 rings (SSSR count). The van der Waals surface area contributed by atoms with E-state index in [2.05, 4.69) is 40.3 Å². The normalized spacial score (nSPS) is 20.2. The van der Waals surface area contributed by atoms with Crippen molar-refractivity contribution in [3.8, 4) is 11.5 Å². The van der Waals surface area contributed by atoms with Gasteiger partial charge in [-0.1, -0.05) is 0 Å². The number of hydrogen-bond donors (Lipinski definition) is 0. The van der Waals surface area contributed by atoms with Crippen LogP contribution in [0.2, 0.25) is 0 Å². The molecular weight excluding hydrogens is 358 g/mol. The van der Waals surface area contributed by atoms with E-state index in [1.807, 2.05) is 6.92 Å². The second-order valence-corrected chi connectivity index (χ2v) is 8.29. The molecule has 0 aliphatic carbocycles. The van der Waals surface area contributed by atoms with Crippen molar-refractivity contribution in [1.29, 1.82) is 0 Å². The fourth-order valence-electron chi connectivity index (χ4n) is 4.03. The largest absolute Gasteiger partial charge is 0.441 e. The van der Waals surface area contributed by atoms with Gasteiger partial charge in [-0.25, -0.2) is 4.98 Å². The third kappa shape index (κ3) is 4.57. The van der Waals surface area contributed by atoms with E-state index in [1.54, 1.807) is 11.8 Å². The van der Waals surface area contributed by atoms with Crippen LogP contribution in [0.25, 0.3) is 11.5 Å². The zero-order valence-corrected chi connectivity index (χ0v) is 17.1. The van der Waals surface area contributed by atoms with Gasteiger partial charge in [0.2, 0.25) is 5.89 Å². The summed E-state index contributed by atoms with van der Waals surface area (Å²) in [5.41, 5.74) is 2.12. The molecule has 2 aromatic rings. The standard InChI is InChI=1S/C21H29N3O2S/c1-16-20(22-21(26-16)17-3-5-19(27-2)6-4-17)15-23-9-7-18(8-10-23)24-11-13-25-14-12-24/h3-6,18H,7-15H2,1-2H3. The molecule has 6 heteroatoms. The Morgan fingerprint density at radius 2 is 1.78 bits per heavy atom. The van der Waals surface area contributed by atoms with E-state index in [0.717, 1.165) is 68.8 Å². The van der Waals surface area contributed by atoms with Gasteiger partial charge in [-0.2, -0.15) is 0 Å². The highest BCUT2D eigenvalue weighted by molar-refractivity contribution is 7.98. The number of likely N-dealkylation sites (tertiary alicyclic amines) is 1. The zero-order valence-electron chi connectivity index (χ0n) is 16.3. The summed E-state index contributed by atoms with van der Waals surface area (Å²) in [4.78, 5) is 11.2. The number of ether oxygens (including phenoxy) is 1. The Kier molecular flexibility index (Phi) is 6.18. The molecule has 3 heterocycles. The minimum absolute atomic E-state index is 0.717. The van der Waals surface area contributed by atoms with E-state index < -0.39 is 0 Å². The molecule has 0 saturated carbocycles. The maximum atomic E-state index is 5.97. The van der Waals surface area contributed by atoms with Gasteiger partial charge in [-0.05, 0) is 50.3 Å². The van der Waals surface area contributed by atoms with Crippen molar-refractivity contribution < 1.29 is 9.15 Å². The average Bonchev–Trinajstić information content (AvgIpc) is 3.09. The molecule has 1 aromatic carbocycles. The van der Waals surface area contributed by atoms with E-state index in [-0.39, 0.29) is 0 Å². The first kappa shape index (κ1) is 19.0. The first-order valence-electron chi connectivity index (χ1n) is 9.88. The van der Waals surface area contributed by atoms with Crippen LogP contribution >= 0.6 is 11.8 Å².